The summed E-state index contributed by atoms with van der Waals surface area (Å²) in [7, 11) is 0. The van der Waals surface area contributed by atoms with Gasteiger partial charge in [0.15, 0.2) is 0 Å². The fraction of sp³-hybridized carbons (Fsp3) is 0.0909. The molecule has 0 aliphatic rings. The Morgan fingerprint density at radius 2 is 2.00 bits per heavy atom. The lowest BCUT2D eigenvalue weighted by molar-refractivity contribution is 0.625. The van der Waals surface area contributed by atoms with E-state index in [1.807, 2.05) is 0 Å². The number of rotatable bonds is 3. The summed E-state index contributed by atoms with van der Waals surface area (Å²) in [4.78, 5) is 7.76. The highest BCUT2D eigenvalue weighted by Gasteiger charge is 2.01. The van der Waals surface area contributed by atoms with Crippen LogP contribution in [0, 0.1) is 5.82 Å². The zero-order valence-corrected chi connectivity index (χ0v) is 9.91. The molecule has 0 spiro atoms. The van der Waals surface area contributed by atoms with Gasteiger partial charge in [0.05, 0.1) is 18.1 Å². The summed E-state index contributed by atoms with van der Waals surface area (Å²) in [5.74, 6) is -0.246. The third kappa shape index (κ3) is 2.76. The fourth-order valence-corrected chi connectivity index (χ4v) is 1.65. The minimum Gasteiger partial charge on any atom is -0.378 e. The number of aromatic nitrogens is 2. The van der Waals surface area contributed by atoms with Crippen LogP contribution in [-0.4, -0.2) is 9.97 Å². The molecule has 0 radical (unpaired) electrons. The first kappa shape index (κ1) is 11.0. The van der Waals surface area contributed by atoms with Crippen molar-refractivity contribution >= 4 is 21.6 Å². The number of nitrogens with one attached hydrogen (secondary N) is 1. The maximum atomic E-state index is 13.0. The van der Waals surface area contributed by atoms with Crippen molar-refractivity contribution in [3.63, 3.8) is 0 Å². The number of anilines is 1. The molecular weight excluding hydrogens is 273 g/mol. The molecule has 0 unspecified atom stereocenters. The third-order valence-electron chi connectivity index (χ3n) is 2.05. The van der Waals surface area contributed by atoms with Gasteiger partial charge in [-0.3, -0.25) is 0 Å². The van der Waals surface area contributed by atoms with Crippen LogP contribution in [0.25, 0.3) is 0 Å². The van der Waals surface area contributed by atoms with Gasteiger partial charge in [-0.05, 0) is 23.8 Å². The van der Waals surface area contributed by atoms with E-state index in [0.29, 0.717) is 6.54 Å². The maximum Gasteiger partial charge on any atom is 0.123 e. The fourth-order valence-electron chi connectivity index (χ4n) is 1.27. The molecule has 0 saturated heterocycles. The van der Waals surface area contributed by atoms with Gasteiger partial charge in [-0.25, -0.2) is 14.4 Å². The van der Waals surface area contributed by atoms with E-state index in [0.717, 1.165) is 15.7 Å². The van der Waals surface area contributed by atoms with Crippen LogP contribution < -0.4 is 5.32 Å². The summed E-state index contributed by atoms with van der Waals surface area (Å²) in [5, 5.41) is 3.11. The van der Waals surface area contributed by atoms with Crippen LogP contribution in [-0.2, 0) is 6.54 Å². The highest BCUT2D eigenvalue weighted by molar-refractivity contribution is 9.10. The van der Waals surface area contributed by atoms with Gasteiger partial charge < -0.3 is 5.32 Å². The molecule has 0 amide bonds. The Hall–Kier alpha value is -1.49. The van der Waals surface area contributed by atoms with Crippen LogP contribution >= 0.6 is 15.9 Å². The quantitative estimate of drug-likeness (QED) is 0.940. The first-order chi connectivity index (χ1) is 7.75. The van der Waals surface area contributed by atoms with Crippen molar-refractivity contribution in [1.29, 1.82) is 0 Å². The third-order valence-corrected chi connectivity index (χ3v) is 2.82. The number of hydrogen-bond donors (Lipinski definition) is 1. The molecule has 0 aliphatic heterocycles. The van der Waals surface area contributed by atoms with Crippen molar-refractivity contribution in [2.45, 2.75) is 6.54 Å². The predicted octanol–water partition coefficient (Wildman–Crippen LogP) is 2.99. The molecule has 3 nitrogen and oxygen atoms in total. The molecule has 2 rings (SSSR count). The van der Waals surface area contributed by atoms with Gasteiger partial charge in [0, 0.05) is 11.0 Å². The number of hydrogen-bond acceptors (Lipinski definition) is 3. The summed E-state index contributed by atoms with van der Waals surface area (Å²) in [6, 6.07) is 4.59. The van der Waals surface area contributed by atoms with Gasteiger partial charge in [-0.15, -0.1) is 0 Å². The molecule has 1 heterocycles. The maximum absolute atomic E-state index is 13.0. The van der Waals surface area contributed by atoms with Gasteiger partial charge in [-0.1, -0.05) is 15.9 Å². The molecular formula is C11H9BrFN3. The second-order valence-corrected chi connectivity index (χ2v) is 4.07. The van der Waals surface area contributed by atoms with E-state index >= 15 is 0 Å². The molecule has 5 heteroatoms. The average Bonchev–Trinajstić information content (AvgIpc) is 2.32. The SMILES string of the molecule is Fc1ccc(Br)c(CNc2cncnc2)c1. The highest BCUT2D eigenvalue weighted by atomic mass is 79.9. The number of nitrogens with zero attached hydrogens (tertiary/aromatic N) is 2. The first-order valence-corrected chi connectivity index (χ1v) is 5.48. The van der Waals surface area contributed by atoms with Crippen molar-refractivity contribution in [3.05, 3.63) is 52.8 Å². The Bertz CT molecular complexity index is 476. The lowest BCUT2D eigenvalue weighted by atomic mass is 10.2. The Balaban J connectivity index is 2.08. The zero-order chi connectivity index (χ0) is 11.4. The second-order valence-electron chi connectivity index (χ2n) is 3.22. The molecule has 1 N–H and O–H groups in total. The normalized spacial score (nSPS) is 10.1. The molecule has 1 aromatic carbocycles. The van der Waals surface area contributed by atoms with Crippen LogP contribution in [0.1, 0.15) is 5.56 Å². The molecule has 16 heavy (non-hydrogen) atoms. The molecule has 1 aromatic heterocycles. The predicted molar refractivity (Wildman–Crippen MR) is 63.5 cm³/mol. The topological polar surface area (TPSA) is 37.8 Å². The van der Waals surface area contributed by atoms with Gasteiger partial charge in [-0.2, -0.15) is 0 Å². The van der Waals surface area contributed by atoms with Gasteiger partial charge in [0.1, 0.15) is 12.1 Å². The number of benzene rings is 1. The van der Waals surface area contributed by atoms with E-state index in [4.69, 9.17) is 0 Å². The van der Waals surface area contributed by atoms with Crippen LogP contribution in [0.4, 0.5) is 10.1 Å². The van der Waals surface area contributed by atoms with Crippen molar-refractivity contribution in [3.8, 4) is 0 Å². The van der Waals surface area contributed by atoms with E-state index in [1.165, 1.54) is 18.5 Å². The summed E-state index contributed by atoms with van der Waals surface area (Å²) in [6.07, 6.45) is 4.80. The molecule has 0 fully saturated rings. The van der Waals surface area contributed by atoms with Gasteiger partial charge in [0.25, 0.3) is 0 Å². The van der Waals surface area contributed by atoms with Crippen molar-refractivity contribution in [1.82, 2.24) is 9.97 Å². The average molecular weight is 282 g/mol. The molecule has 0 aliphatic carbocycles. The lowest BCUT2D eigenvalue weighted by Gasteiger charge is -2.07. The zero-order valence-electron chi connectivity index (χ0n) is 8.32. The molecule has 82 valence electrons. The van der Waals surface area contributed by atoms with Crippen molar-refractivity contribution in [2.75, 3.05) is 5.32 Å². The number of halogens is 2. The molecule has 0 bridgehead atoms. The van der Waals surface area contributed by atoms with E-state index in [2.05, 4.69) is 31.2 Å². The Kier molecular flexibility index (Phi) is 3.46. The van der Waals surface area contributed by atoms with Gasteiger partial charge >= 0.3 is 0 Å². The van der Waals surface area contributed by atoms with Crippen molar-refractivity contribution in [2.24, 2.45) is 0 Å². The summed E-state index contributed by atoms with van der Waals surface area (Å²) < 4.78 is 13.9. The largest absolute Gasteiger partial charge is 0.378 e. The molecule has 2 aromatic rings. The Morgan fingerprint density at radius 1 is 1.25 bits per heavy atom. The molecule has 0 saturated carbocycles. The standard InChI is InChI=1S/C11H9BrFN3/c12-11-2-1-9(13)3-8(11)4-16-10-5-14-7-15-6-10/h1-3,5-7,16H,4H2. The smallest absolute Gasteiger partial charge is 0.123 e. The van der Waals surface area contributed by atoms with Crippen LogP contribution in [0.15, 0.2) is 41.4 Å². The minimum atomic E-state index is -0.246. The van der Waals surface area contributed by atoms with Crippen molar-refractivity contribution < 1.29 is 4.39 Å². The first-order valence-electron chi connectivity index (χ1n) is 4.68. The van der Waals surface area contributed by atoms with Crippen LogP contribution in [0.2, 0.25) is 0 Å². The van der Waals surface area contributed by atoms with Crippen LogP contribution in [0.3, 0.4) is 0 Å². The lowest BCUT2D eigenvalue weighted by Crippen LogP contribution is -2.01. The van der Waals surface area contributed by atoms with Crippen LogP contribution in [0.5, 0.6) is 0 Å². The monoisotopic (exact) mass is 281 g/mol. The van der Waals surface area contributed by atoms with E-state index in [-0.39, 0.29) is 5.82 Å². The van der Waals surface area contributed by atoms with E-state index in [1.54, 1.807) is 18.5 Å². The Morgan fingerprint density at radius 3 is 2.75 bits per heavy atom. The highest BCUT2D eigenvalue weighted by Crippen LogP contribution is 2.18. The van der Waals surface area contributed by atoms with Gasteiger partial charge in [0.2, 0.25) is 0 Å². The summed E-state index contributed by atoms with van der Waals surface area (Å²) in [6.45, 7) is 0.520. The minimum absolute atomic E-state index is 0.246. The Labute approximate surface area is 101 Å². The molecule has 0 atom stereocenters. The second kappa shape index (κ2) is 5.03. The van der Waals surface area contributed by atoms with E-state index < -0.39 is 0 Å². The summed E-state index contributed by atoms with van der Waals surface area (Å²) >= 11 is 3.37. The summed E-state index contributed by atoms with van der Waals surface area (Å²) in [5.41, 5.74) is 1.66. The van der Waals surface area contributed by atoms with E-state index in [9.17, 15) is 4.39 Å².